The van der Waals surface area contributed by atoms with E-state index in [2.05, 4.69) is 15.5 Å². The molecule has 6 heteroatoms. The molecule has 1 unspecified atom stereocenters. The molecule has 1 aromatic heterocycles. The number of nitrogens with one attached hydrogen (secondary N) is 2. The number of carboxylic acids is 1. The number of hydrogen-bond donors (Lipinski definition) is 3. The summed E-state index contributed by atoms with van der Waals surface area (Å²) in [5, 5.41) is 18.4. The van der Waals surface area contributed by atoms with Crippen LogP contribution in [0.4, 0.5) is 0 Å². The fourth-order valence-electron chi connectivity index (χ4n) is 2.65. The molecular formula is C13H19N3O3. The second kappa shape index (κ2) is 5.86. The molecule has 1 aromatic rings. The van der Waals surface area contributed by atoms with Crippen molar-refractivity contribution in [2.45, 2.75) is 45.1 Å². The third-order valence-electron chi connectivity index (χ3n) is 3.75. The van der Waals surface area contributed by atoms with E-state index in [-0.39, 0.29) is 11.8 Å². The molecule has 0 radical (unpaired) electrons. The molecule has 1 saturated carbocycles. The minimum atomic E-state index is -0.957. The van der Waals surface area contributed by atoms with Gasteiger partial charge >= 0.3 is 5.97 Å². The van der Waals surface area contributed by atoms with Crippen molar-refractivity contribution in [2.75, 3.05) is 0 Å². The van der Waals surface area contributed by atoms with Gasteiger partial charge in [-0.05, 0) is 25.7 Å². The molecule has 104 valence electrons. The number of carbonyl (C=O) groups is 2. The summed E-state index contributed by atoms with van der Waals surface area (Å²) >= 11 is 0. The Morgan fingerprint density at radius 2 is 2.11 bits per heavy atom. The van der Waals surface area contributed by atoms with Crippen LogP contribution in [0.15, 0.2) is 6.20 Å². The average Bonchev–Trinajstić information content (AvgIpc) is 2.82. The number of aliphatic carboxylic acids is 1. The van der Waals surface area contributed by atoms with Crippen LogP contribution in [0.3, 0.4) is 0 Å². The molecule has 6 nitrogen and oxygen atoms in total. The lowest BCUT2D eigenvalue weighted by molar-refractivity contribution is -0.141. The first-order valence-electron chi connectivity index (χ1n) is 6.63. The van der Waals surface area contributed by atoms with E-state index in [0.29, 0.717) is 11.3 Å². The molecule has 0 spiro atoms. The predicted molar refractivity (Wildman–Crippen MR) is 68.8 cm³/mol. The Morgan fingerprint density at radius 1 is 1.42 bits per heavy atom. The van der Waals surface area contributed by atoms with Crippen LogP contribution in [0.2, 0.25) is 0 Å². The number of aromatic amines is 1. The lowest BCUT2D eigenvalue weighted by Gasteiger charge is -2.27. The second-order valence-electron chi connectivity index (χ2n) is 5.10. The number of carbonyl (C=O) groups excluding carboxylic acids is 1. The van der Waals surface area contributed by atoms with Crippen molar-refractivity contribution in [2.24, 2.45) is 5.92 Å². The van der Waals surface area contributed by atoms with Crippen molar-refractivity contribution in [3.8, 4) is 0 Å². The van der Waals surface area contributed by atoms with E-state index in [0.717, 1.165) is 32.1 Å². The summed E-state index contributed by atoms with van der Waals surface area (Å²) in [5.41, 5.74) is 1.05. The highest BCUT2D eigenvalue weighted by atomic mass is 16.4. The maximum absolute atomic E-state index is 12.0. The van der Waals surface area contributed by atoms with Crippen LogP contribution in [-0.4, -0.2) is 33.2 Å². The maximum atomic E-state index is 12.0. The van der Waals surface area contributed by atoms with Gasteiger partial charge in [-0.25, -0.2) is 4.79 Å². The van der Waals surface area contributed by atoms with Crippen molar-refractivity contribution in [1.29, 1.82) is 0 Å². The van der Waals surface area contributed by atoms with Crippen LogP contribution in [0.5, 0.6) is 0 Å². The van der Waals surface area contributed by atoms with Gasteiger partial charge in [0.15, 0.2) is 0 Å². The summed E-state index contributed by atoms with van der Waals surface area (Å²) in [6.07, 6.45) is 6.37. The highest BCUT2D eigenvalue weighted by molar-refractivity contribution is 5.97. The number of nitrogens with zero attached hydrogens (tertiary/aromatic N) is 1. The first-order chi connectivity index (χ1) is 9.09. The third-order valence-corrected chi connectivity index (χ3v) is 3.75. The summed E-state index contributed by atoms with van der Waals surface area (Å²) in [6, 6.07) is -0.804. The van der Waals surface area contributed by atoms with Crippen LogP contribution in [-0.2, 0) is 4.79 Å². The zero-order chi connectivity index (χ0) is 13.8. The lowest BCUT2D eigenvalue weighted by atomic mass is 9.84. The second-order valence-corrected chi connectivity index (χ2v) is 5.10. The van der Waals surface area contributed by atoms with E-state index in [1.165, 1.54) is 6.20 Å². The average molecular weight is 265 g/mol. The minimum Gasteiger partial charge on any atom is -0.480 e. The van der Waals surface area contributed by atoms with Gasteiger partial charge in [0.2, 0.25) is 0 Å². The highest BCUT2D eigenvalue weighted by Crippen LogP contribution is 2.26. The number of H-pyrrole nitrogens is 1. The first-order valence-corrected chi connectivity index (χ1v) is 6.63. The van der Waals surface area contributed by atoms with Crippen LogP contribution in [0.1, 0.15) is 48.2 Å². The summed E-state index contributed by atoms with van der Waals surface area (Å²) in [7, 11) is 0. The Balaban J connectivity index is 2.06. The molecule has 1 heterocycles. The van der Waals surface area contributed by atoms with Crippen molar-refractivity contribution < 1.29 is 14.7 Å². The topological polar surface area (TPSA) is 95.1 Å². The fraction of sp³-hybridized carbons (Fsp3) is 0.615. The Kier molecular flexibility index (Phi) is 4.19. The zero-order valence-corrected chi connectivity index (χ0v) is 11.0. The standard InChI is InChI=1S/C13H19N3O3/c1-8-10(7-14-16-8)12(17)15-11(13(18)19)9-5-3-2-4-6-9/h7,9,11H,2-6H2,1H3,(H,14,16)(H,15,17)(H,18,19). The Morgan fingerprint density at radius 3 is 2.63 bits per heavy atom. The molecule has 1 aliphatic rings. The normalized spacial score (nSPS) is 17.9. The third kappa shape index (κ3) is 3.13. The van der Waals surface area contributed by atoms with Crippen molar-refractivity contribution in [3.05, 3.63) is 17.5 Å². The van der Waals surface area contributed by atoms with Gasteiger partial charge in [0.1, 0.15) is 6.04 Å². The van der Waals surface area contributed by atoms with Gasteiger partial charge in [-0.1, -0.05) is 19.3 Å². The van der Waals surface area contributed by atoms with Gasteiger partial charge in [0.25, 0.3) is 5.91 Å². The van der Waals surface area contributed by atoms with E-state index in [9.17, 15) is 14.7 Å². The van der Waals surface area contributed by atoms with Crippen LogP contribution >= 0.6 is 0 Å². The summed E-state index contributed by atoms with van der Waals surface area (Å²) in [6.45, 7) is 1.73. The number of hydrogen-bond acceptors (Lipinski definition) is 3. The minimum absolute atomic E-state index is 0.0300. The molecule has 1 aliphatic carbocycles. The van der Waals surface area contributed by atoms with Crippen molar-refractivity contribution >= 4 is 11.9 Å². The molecule has 0 aliphatic heterocycles. The molecule has 1 fully saturated rings. The molecule has 0 saturated heterocycles. The summed E-state index contributed by atoms with van der Waals surface area (Å²) in [5.74, 6) is -1.30. The van der Waals surface area contributed by atoms with Crippen LogP contribution in [0.25, 0.3) is 0 Å². The van der Waals surface area contributed by atoms with E-state index in [1.807, 2.05) is 0 Å². The number of amides is 1. The summed E-state index contributed by atoms with van der Waals surface area (Å²) < 4.78 is 0. The monoisotopic (exact) mass is 265 g/mol. The van der Waals surface area contributed by atoms with E-state index in [4.69, 9.17) is 0 Å². The molecule has 0 bridgehead atoms. The highest BCUT2D eigenvalue weighted by Gasteiger charge is 2.31. The van der Waals surface area contributed by atoms with Gasteiger partial charge in [-0.15, -0.1) is 0 Å². The SMILES string of the molecule is Cc1[nH]ncc1C(=O)NC(C(=O)O)C1CCCCC1. The van der Waals surface area contributed by atoms with E-state index < -0.39 is 12.0 Å². The van der Waals surface area contributed by atoms with E-state index >= 15 is 0 Å². The number of aromatic nitrogens is 2. The molecule has 2 rings (SSSR count). The van der Waals surface area contributed by atoms with Gasteiger partial charge < -0.3 is 10.4 Å². The maximum Gasteiger partial charge on any atom is 0.326 e. The van der Waals surface area contributed by atoms with E-state index in [1.54, 1.807) is 6.92 Å². The smallest absolute Gasteiger partial charge is 0.326 e. The molecule has 19 heavy (non-hydrogen) atoms. The number of rotatable bonds is 4. The molecule has 1 amide bonds. The van der Waals surface area contributed by atoms with Gasteiger partial charge in [0.05, 0.1) is 11.8 Å². The van der Waals surface area contributed by atoms with Crippen molar-refractivity contribution in [3.63, 3.8) is 0 Å². The fourth-order valence-corrected chi connectivity index (χ4v) is 2.65. The summed E-state index contributed by atoms with van der Waals surface area (Å²) in [4.78, 5) is 23.4. The van der Waals surface area contributed by atoms with Crippen molar-refractivity contribution in [1.82, 2.24) is 15.5 Å². The zero-order valence-electron chi connectivity index (χ0n) is 11.0. The molecular weight excluding hydrogens is 246 g/mol. The first kappa shape index (κ1) is 13.6. The van der Waals surface area contributed by atoms with Crippen LogP contribution in [0, 0.1) is 12.8 Å². The Hall–Kier alpha value is -1.85. The van der Waals surface area contributed by atoms with Gasteiger partial charge in [0, 0.05) is 5.69 Å². The number of aryl methyl sites for hydroxylation is 1. The van der Waals surface area contributed by atoms with Gasteiger partial charge in [-0.3, -0.25) is 9.89 Å². The molecule has 1 atom stereocenters. The largest absolute Gasteiger partial charge is 0.480 e. The number of carboxylic acid groups (broad SMARTS) is 1. The predicted octanol–water partition coefficient (Wildman–Crippen LogP) is 1.48. The van der Waals surface area contributed by atoms with Gasteiger partial charge in [-0.2, -0.15) is 5.10 Å². The van der Waals surface area contributed by atoms with Crippen LogP contribution < -0.4 is 5.32 Å². The molecule has 3 N–H and O–H groups in total. The quantitative estimate of drug-likeness (QED) is 0.768. The molecule has 0 aromatic carbocycles. The Labute approximate surface area is 111 Å². The Bertz CT molecular complexity index is 463. The lowest BCUT2D eigenvalue weighted by Crippen LogP contribution is -2.46.